The number of carbonyl (C=O) groups excluding carboxylic acids is 1. The fraction of sp³-hybridized carbons (Fsp3) is 0.478. The van der Waals surface area contributed by atoms with E-state index in [1.165, 1.54) is 11.1 Å². The molecule has 5 nitrogen and oxygen atoms in total. The summed E-state index contributed by atoms with van der Waals surface area (Å²) in [5.41, 5.74) is 2.14. The predicted octanol–water partition coefficient (Wildman–Crippen LogP) is 3.32. The zero-order valence-electron chi connectivity index (χ0n) is 16.7. The zero-order valence-corrected chi connectivity index (χ0v) is 16.7. The van der Waals surface area contributed by atoms with Gasteiger partial charge >= 0.3 is 0 Å². The number of pyridine rings is 1. The molecule has 1 aromatic carbocycles. The number of aromatic nitrogens is 1. The van der Waals surface area contributed by atoms with Crippen molar-refractivity contribution in [2.45, 2.75) is 44.2 Å². The van der Waals surface area contributed by atoms with Crippen LogP contribution in [-0.4, -0.2) is 52.9 Å². The van der Waals surface area contributed by atoms with Gasteiger partial charge in [-0.25, -0.2) is 4.98 Å². The molecule has 2 aromatic rings. The first-order valence-corrected chi connectivity index (χ1v) is 10.4. The van der Waals surface area contributed by atoms with Gasteiger partial charge in [-0.2, -0.15) is 0 Å². The molecule has 4 rings (SSSR count). The number of likely N-dealkylation sites (tertiary alicyclic amines) is 2. The first-order valence-electron chi connectivity index (χ1n) is 10.4. The molecule has 0 aliphatic carbocycles. The summed E-state index contributed by atoms with van der Waals surface area (Å²) in [5, 5.41) is 3.19. The second-order valence-corrected chi connectivity index (χ2v) is 7.95. The van der Waals surface area contributed by atoms with Crippen LogP contribution in [0.15, 0.2) is 48.7 Å². The van der Waals surface area contributed by atoms with Crippen LogP contribution in [0.2, 0.25) is 0 Å². The highest BCUT2D eigenvalue weighted by Gasteiger charge is 2.50. The summed E-state index contributed by atoms with van der Waals surface area (Å²) in [5.74, 6) is 1.25. The maximum Gasteiger partial charge on any atom is 0.243 e. The highest BCUT2D eigenvalue weighted by Crippen LogP contribution is 2.39. The molecule has 0 bridgehead atoms. The van der Waals surface area contributed by atoms with Crippen molar-refractivity contribution in [2.75, 3.05) is 32.0 Å². The normalized spacial score (nSPS) is 22.8. The van der Waals surface area contributed by atoms with E-state index in [4.69, 9.17) is 0 Å². The molecule has 2 fully saturated rings. The average molecular weight is 379 g/mol. The monoisotopic (exact) mass is 378 g/mol. The molecule has 148 valence electrons. The lowest BCUT2D eigenvalue weighted by Crippen LogP contribution is -2.59. The molecule has 1 amide bonds. The van der Waals surface area contributed by atoms with Crippen molar-refractivity contribution in [1.82, 2.24) is 14.8 Å². The van der Waals surface area contributed by atoms with E-state index >= 15 is 0 Å². The number of carbonyl (C=O) groups is 1. The Bertz CT molecular complexity index is 809. The van der Waals surface area contributed by atoms with E-state index in [2.05, 4.69) is 50.4 Å². The summed E-state index contributed by atoms with van der Waals surface area (Å²) in [6, 6.07) is 14.6. The lowest BCUT2D eigenvalue weighted by atomic mass is 9.85. The van der Waals surface area contributed by atoms with E-state index in [9.17, 15) is 4.79 Å². The molecule has 1 atom stereocenters. The Hall–Kier alpha value is -2.40. The molecule has 2 aliphatic heterocycles. The van der Waals surface area contributed by atoms with Crippen molar-refractivity contribution in [3.05, 3.63) is 59.8 Å². The number of hydrogen-bond donors (Lipinski definition) is 1. The summed E-state index contributed by atoms with van der Waals surface area (Å²) in [6.07, 6.45) is 6.86. The topological polar surface area (TPSA) is 48.5 Å². The number of nitrogens with zero attached hydrogens (tertiary/aromatic N) is 3. The van der Waals surface area contributed by atoms with Gasteiger partial charge in [0.05, 0.1) is 0 Å². The van der Waals surface area contributed by atoms with Crippen molar-refractivity contribution in [3.8, 4) is 0 Å². The maximum absolute atomic E-state index is 13.6. The number of anilines is 1. The van der Waals surface area contributed by atoms with Gasteiger partial charge < -0.3 is 10.2 Å². The minimum atomic E-state index is -0.324. The molecule has 5 heteroatoms. The van der Waals surface area contributed by atoms with Gasteiger partial charge in [-0.1, -0.05) is 36.4 Å². The lowest BCUT2D eigenvalue weighted by molar-refractivity contribution is -0.147. The first kappa shape index (κ1) is 18.9. The second-order valence-electron chi connectivity index (χ2n) is 7.95. The largest absolute Gasteiger partial charge is 0.373 e. The number of amides is 1. The third kappa shape index (κ3) is 3.63. The summed E-state index contributed by atoms with van der Waals surface area (Å²) in [6.45, 7) is 3.46. The summed E-state index contributed by atoms with van der Waals surface area (Å²) in [4.78, 5) is 22.5. The molecular weight excluding hydrogens is 348 g/mol. The van der Waals surface area contributed by atoms with Crippen LogP contribution in [0.4, 0.5) is 5.82 Å². The molecule has 2 saturated heterocycles. The van der Waals surface area contributed by atoms with Crippen molar-refractivity contribution in [1.29, 1.82) is 0 Å². The maximum atomic E-state index is 13.6. The van der Waals surface area contributed by atoms with Crippen LogP contribution in [0.5, 0.6) is 0 Å². The molecule has 1 aromatic heterocycles. The molecule has 0 radical (unpaired) electrons. The fourth-order valence-corrected chi connectivity index (χ4v) is 4.87. The van der Waals surface area contributed by atoms with E-state index in [1.54, 1.807) is 0 Å². The fourth-order valence-electron chi connectivity index (χ4n) is 4.87. The Balaban J connectivity index is 1.49. The van der Waals surface area contributed by atoms with Crippen LogP contribution >= 0.6 is 0 Å². The van der Waals surface area contributed by atoms with E-state index in [1.807, 2.05) is 25.4 Å². The van der Waals surface area contributed by atoms with Crippen molar-refractivity contribution >= 4 is 11.7 Å². The van der Waals surface area contributed by atoms with Crippen molar-refractivity contribution in [2.24, 2.45) is 0 Å². The van der Waals surface area contributed by atoms with Crippen molar-refractivity contribution < 1.29 is 4.79 Å². The number of benzene rings is 1. The van der Waals surface area contributed by atoms with Gasteiger partial charge in [-0.15, -0.1) is 0 Å². The molecular formula is C23H30N4O. The first-order chi connectivity index (χ1) is 13.7. The quantitative estimate of drug-likeness (QED) is 0.838. The summed E-state index contributed by atoms with van der Waals surface area (Å²) in [7, 11) is 1.91. The van der Waals surface area contributed by atoms with Crippen LogP contribution < -0.4 is 5.32 Å². The smallest absolute Gasteiger partial charge is 0.243 e. The van der Waals surface area contributed by atoms with Crippen LogP contribution in [0, 0.1) is 0 Å². The highest BCUT2D eigenvalue weighted by atomic mass is 16.2. The van der Waals surface area contributed by atoms with Crippen LogP contribution in [0.3, 0.4) is 0 Å². The number of rotatable bonds is 6. The van der Waals surface area contributed by atoms with Gasteiger partial charge in [-0.05, 0) is 50.3 Å². The molecule has 2 aliphatic rings. The van der Waals surface area contributed by atoms with E-state index in [0.29, 0.717) is 5.91 Å². The van der Waals surface area contributed by atoms with Crippen LogP contribution in [-0.2, 0) is 17.8 Å². The third-order valence-corrected chi connectivity index (χ3v) is 6.33. The lowest BCUT2D eigenvalue weighted by Gasteiger charge is -2.45. The van der Waals surface area contributed by atoms with Gasteiger partial charge in [0, 0.05) is 38.4 Å². The minimum Gasteiger partial charge on any atom is -0.373 e. The molecule has 1 N–H and O–H groups in total. The zero-order chi connectivity index (χ0) is 19.4. The molecule has 28 heavy (non-hydrogen) atoms. The SMILES string of the molecule is CNc1ncccc1CN1CCCC12CCCN(CCc1ccccc1)C2=O. The number of piperidine rings is 1. The summed E-state index contributed by atoms with van der Waals surface area (Å²) < 4.78 is 0. The third-order valence-electron chi connectivity index (χ3n) is 6.33. The van der Waals surface area contributed by atoms with Gasteiger partial charge in [0.15, 0.2) is 0 Å². The highest BCUT2D eigenvalue weighted by molar-refractivity contribution is 5.87. The average Bonchev–Trinajstić information content (AvgIpc) is 3.13. The van der Waals surface area contributed by atoms with Gasteiger partial charge in [-0.3, -0.25) is 9.69 Å². The number of hydrogen-bond acceptors (Lipinski definition) is 4. The van der Waals surface area contributed by atoms with E-state index in [-0.39, 0.29) is 5.54 Å². The Kier molecular flexibility index (Phi) is 5.62. The van der Waals surface area contributed by atoms with E-state index in [0.717, 1.165) is 64.1 Å². The Morgan fingerprint density at radius 1 is 1.07 bits per heavy atom. The molecule has 1 spiro atoms. The predicted molar refractivity (Wildman–Crippen MR) is 112 cm³/mol. The molecule has 3 heterocycles. The Morgan fingerprint density at radius 2 is 1.86 bits per heavy atom. The van der Waals surface area contributed by atoms with Crippen LogP contribution in [0.25, 0.3) is 0 Å². The van der Waals surface area contributed by atoms with Gasteiger partial charge in [0.25, 0.3) is 0 Å². The van der Waals surface area contributed by atoms with Gasteiger partial charge in [0.2, 0.25) is 5.91 Å². The summed E-state index contributed by atoms with van der Waals surface area (Å²) >= 11 is 0. The Labute approximate surface area is 167 Å². The second kappa shape index (κ2) is 8.31. The minimum absolute atomic E-state index is 0.324. The Morgan fingerprint density at radius 3 is 2.64 bits per heavy atom. The molecule has 1 unspecified atom stereocenters. The standard InChI is InChI=1S/C23H30N4O/c1-24-21-20(10-5-14-25-21)18-27-16-7-13-23(27)12-6-15-26(22(23)28)17-11-19-8-3-2-4-9-19/h2-5,8-10,14H,6-7,11-13,15-18H2,1H3,(H,24,25). The van der Waals surface area contributed by atoms with Crippen LogP contribution in [0.1, 0.15) is 36.8 Å². The number of nitrogens with one attached hydrogen (secondary N) is 1. The van der Waals surface area contributed by atoms with E-state index < -0.39 is 0 Å². The van der Waals surface area contributed by atoms with Gasteiger partial charge in [0.1, 0.15) is 11.4 Å². The van der Waals surface area contributed by atoms with Crippen molar-refractivity contribution in [3.63, 3.8) is 0 Å². The molecule has 0 saturated carbocycles.